The van der Waals surface area contributed by atoms with Gasteiger partial charge in [0.2, 0.25) is 0 Å². The maximum atomic E-state index is 13.0. The van der Waals surface area contributed by atoms with Crippen molar-refractivity contribution >= 4 is 40.7 Å². The Morgan fingerprint density at radius 2 is 1.71 bits per heavy atom. The van der Waals surface area contributed by atoms with Gasteiger partial charge in [-0.2, -0.15) is 0 Å². The van der Waals surface area contributed by atoms with Crippen molar-refractivity contribution in [3.63, 3.8) is 0 Å². The molecule has 9 heteroatoms. The molecule has 0 bridgehead atoms. The van der Waals surface area contributed by atoms with Crippen molar-refractivity contribution in [2.24, 2.45) is 5.92 Å². The van der Waals surface area contributed by atoms with Crippen molar-refractivity contribution in [2.45, 2.75) is 19.9 Å². The quantitative estimate of drug-likeness (QED) is 0.288. The van der Waals surface area contributed by atoms with Crippen LogP contribution in [0.1, 0.15) is 31.0 Å². The van der Waals surface area contributed by atoms with Gasteiger partial charge in [0.05, 0.1) is 42.0 Å². The largest absolute Gasteiger partial charge is 0.507 e. The molecule has 2 aromatic carbocycles. The standard InChI is InChI=1S/C25H27Cl2NO6/c1-14(2)13-34-17-7-5-15(6-8-17)21-20(23(30)25(31)28(21)9-10-32-3)22(29)16-11-18(26)24(33-4)19(27)12-16/h5-8,11-12,14,21,29H,9-10,13H2,1-4H3/b22-20+. The van der Waals surface area contributed by atoms with Crippen LogP contribution in [-0.4, -0.2) is 55.7 Å². The number of hydrogen-bond donors (Lipinski definition) is 1. The summed E-state index contributed by atoms with van der Waals surface area (Å²) in [7, 11) is 2.93. The molecule has 0 aliphatic carbocycles. The predicted octanol–water partition coefficient (Wildman–Crippen LogP) is 5.10. The molecule has 0 spiro atoms. The number of rotatable bonds is 9. The van der Waals surface area contributed by atoms with Gasteiger partial charge >= 0.3 is 0 Å². The molecular formula is C25H27Cl2NO6. The number of ether oxygens (including phenoxy) is 3. The monoisotopic (exact) mass is 507 g/mol. The fraction of sp³-hybridized carbons (Fsp3) is 0.360. The first-order valence-electron chi connectivity index (χ1n) is 10.7. The van der Waals surface area contributed by atoms with E-state index in [1.165, 1.54) is 31.3 Å². The van der Waals surface area contributed by atoms with E-state index in [1.54, 1.807) is 24.3 Å². The summed E-state index contributed by atoms with van der Waals surface area (Å²) in [5, 5.41) is 11.5. The minimum absolute atomic E-state index is 0.0609. The Kier molecular flexibility index (Phi) is 8.47. The number of likely N-dealkylation sites (tertiary alicyclic amines) is 1. The summed E-state index contributed by atoms with van der Waals surface area (Å²) in [5.74, 6) is -0.635. The fourth-order valence-corrected chi connectivity index (χ4v) is 4.34. The highest BCUT2D eigenvalue weighted by Gasteiger charge is 2.46. The van der Waals surface area contributed by atoms with Crippen LogP contribution in [0.2, 0.25) is 10.0 Å². The van der Waals surface area contributed by atoms with Crippen molar-refractivity contribution in [2.75, 3.05) is 34.0 Å². The number of methoxy groups -OCH3 is 2. The van der Waals surface area contributed by atoms with Gasteiger partial charge in [0, 0.05) is 19.2 Å². The SMILES string of the molecule is COCCN1C(=O)C(=O)/C(=C(/O)c2cc(Cl)c(OC)c(Cl)c2)C1c1ccc(OCC(C)C)cc1. The van der Waals surface area contributed by atoms with Crippen LogP contribution >= 0.6 is 23.2 Å². The topological polar surface area (TPSA) is 85.3 Å². The number of carbonyl (C=O) groups excluding carboxylic acids is 2. The van der Waals surface area contributed by atoms with Crippen LogP contribution in [0.15, 0.2) is 42.0 Å². The van der Waals surface area contributed by atoms with Gasteiger partial charge in [0.15, 0.2) is 5.75 Å². The van der Waals surface area contributed by atoms with Gasteiger partial charge in [-0.1, -0.05) is 49.2 Å². The van der Waals surface area contributed by atoms with Gasteiger partial charge in [0.1, 0.15) is 11.5 Å². The predicted molar refractivity (Wildman–Crippen MR) is 131 cm³/mol. The summed E-state index contributed by atoms with van der Waals surface area (Å²) < 4.78 is 16.0. The zero-order valence-electron chi connectivity index (χ0n) is 19.4. The van der Waals surface area contributed by atoms with E-state index in [2.05, 4.69) is 13.8 Å². The Labute approximate surface area is 208 Å². The van der Waals surface area contributed by atoms with Crippen molar-refractivity contribution in [1.29, 1.82) is 0 Å². The molecule has 1 N–H and O–H groups in total. The number of nitrogens with zero attached hydrogens (tertiary/aromatic N) is 1. The lowest BCUT2D eigenvalue weighted by Crippen LogP contribution is -2.32. The molecule has 1 saturated heterocycles. The average Bonchev–Trinajstić information content (AvgIpc) is 3.05. The molecule has 0 radical (unpaired) electrons. The van der Waals surface area contributed by atoms with Crippen molar-refractivity contribution in [1.82, 2.24) is 4.90 Å². The number of aliphatic hydroxyl groups is 1. The van der Waals surface area contributed by atoms with E-state index >= 15 is 0 Å². The smallest absolute Gasteiger partial charge is 0.295 e. The molecule has 3 rings (SSSR count). The van der Waals surface area contributed by atoms with E-state index in [-0.39, 0.29) is 45.8 Å². The molecule has 1 fully saturated rings. The summed E-state index contributed by atoms with van der Waals surface area (Å²) in [6.45, 7) is 5.05. The normalized spacial score (nSPS) is 17.5. The first kappa shape index (κ1) is 25.9. The molecule has 1 aliphatic rings. The number of ketones is 1. The summed E-state index contributed by atoms with van der Waals surface area (Å²) in [6, 6.07) is 9.13. The first-order chi connectivity index (χ1) is 16.2. The molecule has 7 nitrogen and oxygen atoms in total. The molecule has 0 aromatic heterocycles. The highest BCUT2D eigenvalue weighted by Crippen LogP contribution is 2.42. The van der Waals surface area contributed by atoms with Gasteiger partial charge < -0.3 is 24.2 Å². The van der Waals surface area contributed by atoms with Crippen LogP contribution in [0.4, 0.5) is 0 Å². The van der Waals surface area contributed by atoms with Gasteiger partial charge in [-0.15, -0.1) is 0 Å². The molecule has 1 amide bonds. The van der Waals surface area contributed by atoms with Crippen molar-refractivity contribution in [3.05, 3.63) is 63.1 Å². The van der Waals surface area contributed by atoms with E-state index in [0.717, 1.165) is 0 Å². The van der Waals surface area contributed by atoms with Gasteiger partial charge in [-0.25, -0.2) is 0 Å². The number of amides is 1. The van der Waals surface area contributed by atoms with E-state index in [0.29, 0.717) is 23.8 Å². The van der Waals surface area contributed by atoms with E-state index in [4.69, 9.17) is 37.4 Å². The number of hydrogen-bond acceptors (Lipinski definition) is 6. The van der Waals surface area contributed by atoms with Gasteiger partial charge in [-0.05, 0) is 35.7 Å². The molecule has 1 unspecified atom stereocenters. The molecule has 2 aromatic rings. The zero-order valence-corrected chi connectivity index (χ0v) is 20.9. The number of benzene rings is 2. The van der Waals surface area contributed by atoms with E-state index in [9.17, 15) is 14.7 Å². The molecule has 182 valence electrons. The highest BCUT2D eigenvalue weighted by atomic mass is 35.5. The second-order valence-corrected chi connectivity index (χ2v) is 9.05. The maximum Gasteiger partial charge on any atom is 0.295 e. The highest BCUT2D eigenvalue weighted by molar-refractivity contribution is 6.46. The Morgan fingerprint density at radius 1 is 1.09 bits per heavy atom. The maximum absolute atomic E-state index is 13.0. The number of carbonyl (C=O) groups is 2. The molecular weight excluding hydrogens is 481 g/mol. The van der Waals surface area contributed by atoms with E-state index in [1.807, 2.05) is 0 Å². The summed E-state index contributed by atoms with van der Waals surface area (Å²) >= 11 is 12.5. The lowest BCUT2D eigenvalue weighted by molar-refractivity contribution is -0.140. The van der Waals surface area contributed by atoms with Gasteiger partial charge in [0.25, 0.3) is 11.7 Å². The Balaban J connectivity index is 2.10. The van der Waals surface area contributed by atoms with E-state index < -0.39 is 17.7 Å². The fourth-order valence-electron chi connectivity index (χ4n) is 3.70. The zero-order chi connectivity index (χ0) is 25.0. The summed E-state index contributed by atoms with van der Waals surface area (Å²) in [5.41, 5.74) is 0.774. The van der Waals surface area contributed by atoms with Crippen LogP contribution < -0.4 is 9.47 Å². The second kappa shape index (κ2) is 11.1. The third-order valence-electron chi connectivity index (χ3n) is 5.33. The Hall–Kier alpha value is -2.74. The van der Waals surface area contributed by atoms with Crippen LogP contribution in [0.3, 0.4) is 0 Å². The molecule has 34 heavy (non-hydrogen) atoms. The van der Waals surface area contributed by atoms with Crippen molar-refractivity contribution in [3.8, 4) is 11.5 Å². The summed E-state index contributed by atoms with van der Waals surface area (Å²) in [6.07, 6.45) is 0. The number of Topliss-reactive ketones (excluding diaryl/α,β-unsaturated/α-hetero) is 1. The molecule has 1 aliphatic heterocycles. The van der Waals surface area contributed by atoms with Crippen LogP contribution in [0.25, 0.3) is 5.76 Å². The Morgan fingerprint density at radius 3 is 2.24 bits per heavy atom. The van der Waals surface area contributed by atoms with Crippen LogP contribution in [0, 0.1) is 5.92 Å². The van der Waals surface area contributed by atoms with Crippen molar-refractivity contribution < 1.29 is 28.9 Å². The first-order valence-corrected chi connectivity index (χ1v) is 11.5. The Bertz CT molecular complexity index is 1070. The number of aliphatic hydroxyl groups excluding tert-OH is 1. The molecule has 0 saturated carbocycles. The minimum atomic E-state index is -0.825. The summed E-state index contributed by atoms with van der Waals surface area (Å²) in [4.78, 5) is 27.3. The lowest BCUT2D eigenvalue weighted by Gasteiger charge is -2.25. The minimum Gasteiger partial charge on any atom is -0.507 e. The van der Waals surface area contributed by atoms with Crippen LogP contribution in [0.5, 0.6) is 11.5 Å². The molecule has 1 heterocycles. The lowest BCUT2D eigenvalue weighted by atomic mass is 9.95. The third-order valence-corrected chi connectivity index (χ3v) is 5.89. The second-order valence-electron chi connectivity index (χ2n) is 8.23. The molecule has 1 atom stereocenters. The average molecular weight is 508 g/mol. The van der Waals surface area contributed by atoms with Gasteiger partial charge in [-0.3, -0.25) is 9.59 Å². The third kappa shape index (κ3) is 5.32. The number of halogens is 2. The van der Waals surface area contributed by atoms with Crippen LogP contribution in [-0.2, 0) is 14.3 Å².